The van der Waals surface area contributed by atoms with Crippen LogP contribution < -0.4 is 10.1 Å². The van der Waals surface area contributed by atoms with Gasteiger partial charge in [-0.1, -0.05) is 32.0 Å². The standard InChI is InChI=1S/C18H31NO/c1-7-18(8-2,14-19-17(3,4)5)13-15-11-9-10-12-16(15)20-6/h9-12,19H,7-8,13-14H2,1-6H3. The number of ether oxygens (including phenoxy) is 1. The fourth-order valence-electron chi connectivity index (χ4n) is 2.52. The van der Waals surface area contributed by atoms with Crippen molar-refractivity contribution in [3.05, 3.63) is 29.8 Å². The first kappa shape index (κ1) is 17.0. The number of methoxy groups -OCH3 is 1. The normalized spacial score (nSPS) is 12.5. The molecule has 1 aromatic carbocycles. The average Bonchev–Trinajstić information content (AvgIpc) is 2.43. The predicted octanol–water partition coefficient (Wildman–Crippen LogP) is 4.43. The van der Waals surface area contributed by atoms with Crippen molar-refractivity contribution in [3.63, 3.8) is 0 Å². The SMILES string of the molecule is CCC(CC)(CNC(C)(C)C)Cc1ccccc1OC. The molecule has 0 heterocycles. The summed E-state index contributed by atoms with van der Waals surface area (Å²) in [6.07, 6.45) is 3.41. The second-order valence-corrected chi connectivity index (χ2v) is 6.80. The quantitative estimate of drug-likeness (QED) is 0.796. The zero-order valence-corrected chi connectivity index (χ0v) is 14.0. The molecule has 0 bridgehead atoms. The van der Waals surface area contributed by atoms with Crippen molar-refractivity contribution in [2.24, 2.45) is 5.41 Å². The van der Waals surface area contributed by atoms with Crippen LogP contribution in [0.1, 0.15) is 53.0 Å². The highest BCUT2D eigenvalue weighted by Gasteiger charge is 2.29. The zero-order valence-electron chi connectivity index (χ0n) is 14.0. The molecule has 0 aliphatic carbocycles. The summed E-state index contributed by atoms with van der Waals surface area (Å²) >= 11 is 0. The number of nitrogens with one attached hydrogen (secondary N) is 1. The van der Waals surface area contributed by atoms with Gasteiger partial charge in [0.25, 0.3) is 0 Å². The average molecular weight is 277 g/mol. The fraction of sp³-hybridized carbons (Fsp3) is 0.667. The van der Waals surface area contributed by atoms with E-state index in [-0.39, 0.29) is 5.54 Å². The first-order chi connectivity index (χ1) is 9.36. The van der Waals surface area contributed by atoms with Gasteiger partial charge in [-0.15, -0.1) is 0 Å². The molecule has 2 heteroatoms. The lowest BCUT2D eigenvalue weighted by Crippen LogP contribution is -2.44. The molecule has 0 saturated heterocycles. The maximum atomic E-state index is 5.51. The molecule has 20 heavy (non-hydrogen) atoms. The van der Waals surface area contributed by atoms with Gasteiger partial charge in [-0.2, -0.15) is 0 Å². The number of rotatable bonds is 7. The van der Waals surface area contributed by atoms with Gasteiger partial charge in [0.1, 0.15) is 5.75 Å². The van der Waals surface area contributed by atoms with E-state index in [0.717, 1.165) is 18.7 Å². The lowest BCUT2D eigenvalue weighted by Gasteiger charge is -2.36. The van der Waals surface area contributed by atoms with Crippen molar-refractivity contribution in [1.82, 2.24) is 5.32 Å². The van der Waals surface area contributed by atoms with E-state index in [2.05, 4.69) is 58.1 Å². The Morgan fingerprint density at radius 1 is 1.05 bits per heavy atom. The van der Waals surface area contributed by atoms with Crippen LogP contribution in [0.25, 0.3) is 0 Å². The van der Waals surface area contributed by atoms with Crippen LogP contribution in [-0.4, -0.2) is 19.2 Å². The summed E-state index contributed by atoms with van der Waals surface area (Å²) in [7, 11) is 1.76. The number of hydrogen-bond donors (Lipinski definition) is 1. The molecule has 1 rings (SSSR count). The van der Waals surface area contributed by atoms with Crippen LogP contribution in [0.2, 0.25) is 0 Å². The molecule has 0 aliphatic heterocycles. The minimum Gasteiger partial charge on any atom is -0.496 e. The smallest absolute Gasteiger partial charge is 0.122 e. The Kier molecular flexibility index (Phi) is 6.07. The van der Waals surface area contributed by atoms with Gasteiger partial charge in [-0.3, -0.25) is 0 Å². The van der Waals surface area contributed by atoms with Gasteiger partial charge in [0, 0.05) is 12.1 Å². The zero-order chi connectivity index (χ0) is 15.2. The maximum Gasteiger partial charge on any atom is 0.122 e. The van der Waals surface area contributed by atoms with E-state index in [1.165, 1.54) is 18.4 Å². The van der Waals surface area contributed by atoms with Crippen molar-refractivity contribution in [1.29, 1.82) is 0 Å². The molecule has 0 fully saturated rings. The van der Waals surface area contributed by atoms with Gasteiger partial charge in [-0.05, 0) is 57.1 Å². The third-order valence-electron chi connectivity index (χ3n) is 4.25. The third-order valence-corrected chi connectivity index (χ3v) is 4.25. The van der Waals surface area contributed by atoms with Gasteiger partial charge in [0.05, 0.1) is 7.11 Å². The monoisotopic (exact) mass is 277 g/mol. The van der Waals surface area contributed by atoms with E-state index in [9.17, 15) is 0 Å². The molecule has 0 unspecified atom stereocenters. The minimum absolute atomic E-state index is 0.163. The molecule has 0 aliphatic rings. The van der Waals surface area contributed by atoms with Crippen LogP contribution in [0.5, 0.6) is 5.75 Å². The van der Waals surface area contributed by atoms with Crippen molar-refractivity contribution in [3.8, 4) is 5.75 Å². The van der Waals surface area contributed by atoms with Gasteiger partial charge in [0.15, 0.2) is 0 Å². The first-order valence-electron chi connectivity index (χ1n) is 7.73. The Morgan fingerprint density at radius 3 is 2.15 bits per heavy atom. The van der Waals surface area contributed by atoms with Gasteiger partial charge in [-0.25, -0.2) is 0 Å². The highest BCUT2D eigenvalue weighted by atomic mass is 16.5. The topological polar surface area (TPSA) is 21.3 Å². The minimum atomic E-state index is 0.163. The first-order valence-corrected chi connectivity index (χ1v) is 7.73. The molecule has 0 saturated carbocycles. The predicted molar refractivity (Wildman–Crippen MR) is 87.5 cm³/mol. The molecule has 0 spiro atoms. The van der Waals surface area contributed by atoms with Crippen LogP contribution in [-0.2, 0) is 6.42 Å². The van der Waals surface area contributed by atoms with E-state index in [1.54, 1.807) is 7.11 Å². The molecule has 0 amide bonds. The summed E-state index contributed by atoms with van der Waals surface area (Å²) in [6, 6.07) is 8.39. The van der Waals surface area contributed by atoms with Crippen molar-refractivity contribution in [2.45, 2.75) is 59.4 Å². The third kappa shape index (κ3) is 4.82. The van der Waals surface area contributed by atoms with Crippen LogP contribution in [0.3, 0.4) is 0 Å². The molecule has 114 valence electrons. The lowest BCUT2D eigenvalue weighted by atomic mass is 9.76. The van der Waals surface area contributed by atoms with E-state index < -0.39 is 0 Å². The Labute approximate surface area is 124 Å². The van der Waals surface area contributed by atoms with E-state index in [1.807, 2.05) is 6.07 Å². The molecular formula is C18H31NO. The molecule has 0 radical (unpaired) electrons. The summed E-state index contributed by atoms with van der Waals surface area (Å²) in [5, 5.41) is 3.68. The van der Waals surface area contributed by atoms with E-state index in [0.29, 0.717) is 5.41 Å². The Morgan fingerprint density at radius 2 is 1.65 bits per heavy atom. The number of benzene rings is 1. The highest BCUT2D eigenvalue weighted by molar-refractivity contribution is 5.34. The second-order valence-electron chi connectivity index (χ2n) is 6.80. The van der Waals surface area contributed by atoms with Crippen LogP contribution in [0.15, 0.2) is 24.3 Å². The molecule has 1 aromatic rings. The van der Waals surface area contributed by atoms with E-state index in [4.69, 9.17) is 4.74 Å². The number of para-hydroxylation sites is 1. The summed E-state index contributed by atoms with van der Waals surface area (Å²) in [4.78, 5) is 0. The Hall–Kier alpha value is -1.02. The van der Waals surface area contributed by atoms with Crippen LogP contribution in [0, 0.1) is 5.41 Å². The molecule has 0 atom stereocenters. The molecule has 0 aromatic heterocycles. The highest BCUT2D eigenvalue weighted by Crippen LogP contribution is 2.34. The van der Waals surface area contributed by atoms with Gasteiger partial charge in [0.2, 0.25) is 0 Å². The largest absolute Gasteiger partial charge is 0.496 e. The molecular weight excluding hydrogens is 246 g/mol. The second kappa shape index (κ2) is 7.12. The summed E-state index contributed by atoms with van der Waals surface area (Å²) in [5.41, 5.74) is 1.77. The fourth-order valence-corrected chi connectivity index (χ4v) is 2.52. The van der Waals surface area contributed by atoms with Crippen molar-refractivity contribution in [2.75, 3.05) is 13.7 Å². The lowest BCUT2D eigenvalue weighted by molar-refractivity contribution is 0.218. The van der Waals surface area contributed by atoms with Crippen LogP contribution >= 0.6 is 0 Å². The van der Waals surface area contributed by atoms with Gasteiger partial charge >= 0.3 is 0 Å². The Bertz CT molecular complexity index is 402. The maximum absolute atomic E-state index is 5.51. The van der Waals surface area contributed by atoms with Gasteiger partial charge < -0.3 is 10.1 Å². The Balaban J connectivity index is 2.90. The van der Waals surface area contributed by atoms with E-state index >= 15 is 0 Å². The summed E-state index contributed by atoms with van der Waals surface area (Å²) in [5.74, 6) is 1.01. The molecule has 2 nitrogen and oxygen atoms in total. The summed E-state index contributed by atoms with van der Waals surface area (Å²) < 4.78 is 5.51. The summed E-state index contributed by atoms with van der Waals surface area (Å²) in [6.45, 7) is 12.3. The van der Waals surface area contributed by atoms with Crippen molar-refractivity contribution < 1.29 is 4.74 Å². The molecule has 1 N–H and O–H groups in total. The van der Waals surface area contributed by atoms with Crippen molar-refractivity contribution >= 4 is 0 Å². The van der Waals surface area contributed by atoms with Crippen LogP contribution in [0.4, 0.5) is 0 Å². The number of hydrogen-bond acceptors (Lipinski definition) is 2.